The molecule has 1 aliphatic rings. The largest absolute Gasteiger partial charge is 0.492 e. The first-order chi connectivity index (χ1) is 14.4. The molecule has 0 fully saturated rings. The zero-order valence-corrected chi connectivity index (χ0v) is 17.0. The van der Waals surface area contributed by atoms with Gasteiger partial charge in [-0.25, -0.2) is 14.4 Å². The summed E-state index contributed by atoms with van der Waals surface area (Å²) in [5.74, 6) is 0.874. The van der Waals surface area contributed by atoms with E-state index in [4.69, 9.17) is 10.5 Å². The highest BCUT2D eigenvalue weighted by Gasteiger charge is 2.22. The second kappa shape index (κ2) is 9.21. The lowest BCUT2D eigenvalue weighted by atomic mass is 10.0. The lowest BCUT2D eigenvalue weighted by molar-refractivity contribution is 0.0962. The Hall–Kier alpha value is -3.68. The molecule has 1 aliphatic heterocycles. The molecule has 0 atom stereocenters. The Morgan fingerprint density at radius 1 is 1.43 bits per heavy atom. The van der Waals surface area contributed by atoms with Crippen LogP contribution in [0.25, 0.3) is 5.57 Å². The first-order valence-corrected chi connectivity index (χ1v) is 9.45. The SMILES string of the molecule is C=C(N)/N=C\C=C(/C)c1cnc(NCc2cc(F)cc(C(=O)NC)c2)c2c1OCC2. The van der Waals surface area contributed by atoms with Gasteiger partial charge in [-0.15, -0.1) is 0 Å². The van der Waals surface area contributed by atoms with Crippen LogP contribution in [0.3, 0.4) is 0 Å². The average molecular weight is 409 g/mol. The van der Waals surface area contributed by atoms with Gasteiger partial charge in [-0.1, -0.05) is 6.58 Å². The van der Waals surface area contributed by atoms with Crippen LogP contribution in [-0.4, -0.2) is 30.8 Å². The lowest BCUT2D eigenvalue weighted by Crippen LogP contribution is -2.18. The number of anilines is 1. The third-order valence-electron chi connectivity index (χ3n) is 4.62. The Labute approximate surface area is 174 Å². The van der Waals surface area contributed by atoms with Crippen molar-refractivity contribution >= 4 is 23.5 Å². The van der Waals surface area contributed by atoms with E-state index >= 15 is 0 Å². The average Bonchev–Trinajstić information content (AvgIpc) is 3.20. The fraction of sp³-hybridized carbons (Fsp3) is 0.227. The van der Waals surface area contributed by atoms with Crippen molar-refractivity contribution in [3.63, 3.8) is 0 Å². The second-order valence-electron chi connectivity index (χ2n) is 6.83. The topological polar surface area (TPSA) is 102 Å². The van der Waals surface area contributed by atoms with Crippen molar-refractivity contribution in [3.8, 4) is 5.75 Å². The predicted octanol–water partition coefficient (Wildman–Crippen LogP) is 3.03. The van der Waals surface area contributed by atoms with Crippen molar-refractivity contribution < 1.29 is 13.9 Å². The number of hydrogen-bond donors (Lipinski definition) is 3. The summed E-state index contributed by atoms with van der Waals surface area (Å²) in [4.78, 5) is 20.3. The van der Waals surface area contributed by atoms with Crippen molar-refractivity contribution in [2.75, 3.05) is 19.0 Å². The number of rotatable bonds is 7. The molecule has 0 bridgehead atoms. The summed E-state index contributed by atoms with van der Waals surface area (Å²) in [6, 6.07) is 4.25. The molecule has 1 aromatic carbocycles. The van der Waals surface area contributed by atoms with E-state index in [-0.39, 0.29) is 17.3 Å². The molecule has 0 radical (unpaired) electrons. The first kappa shape index (κ1) is 21.0. The van der Waals surface area contributed by atoms with Crippen LogP contribution >= 0.6 is 0 Å². The van der Waals surface area contributed by atoms with Gasteiger partial charge in [0.05, 0.1) is 6.61 Å². The molecule has 156 valence electrons. The monoisotopic (exact) mass is 409 g/mol. The van der Waals surface area contributed by atoms with Gasteiger partial charge in [0.15, 0.2) is 0 Å². The van der Waals surface area contributed by atoms with Gasteiger partial charge < -0.3 is 21.1 Å². The molecular formula is C22H24FN5O2. The van der Waals surface area contributed by atoms with Crippen LogP contribution in [0.2, 0.25) is 0 Å². The second-order valence-corrected chi connectivity index (χ2v) is 6.83. The molecule has 2 heterocycles. The predicted molar refractivity (Wildman–Crippen MR) is 116 cm³/mol. The molecule has 4 N–H and O–H groups in total. The quantitative estimate of drug-likeness (QED) is 0.610. The standard InChI is InChI=1S/C22H24FN5O2/c1-13(4-6-26-14(2)24)19-12-28-21(18-5-7-30-20(18)19)27-11-15-8-16(22(29)25-3)10-17(23)9-15/h4,6,8-10,12H,2,5,7,11,24H2,1,3H3,(H,25,29)(H,27,28)/b13-4+,26-6-. The van der Waals surface area contributed by atoms with Crippen molar-refractivity contribution in [3.05, 3.63) is 70.9 Å². The number of aliphatic imine (C=N–C) groups is 1. The van der Waals surface area contributed by atoms with Crippen LogP contribution in [0.4, 0.5) is 10.2 Å². The number of ether oxygens (including phenoxy) is 1. The van der Waals surface area contributed by atoms with E-state index in [2.05, 4.69) is 27.2 Å². The number of carbonyl (C=O) groups is 1. The number of nitrogens with two attached hydrogens (primary N) is 1. The van der Waals surface area contributed by atoms with Crippen LogP contribution in [0.1, 0.15) is 34.0 Å². The van der Waals surface area contributed by atoms with Crippen molar-refractivity contribution in [2.24, 2.45) is 10.7 Å². The number of aromatic nitrogens is 1. The molecule has 0 saturated heterocycles. The van der Waals surface area contributed by atoms with E-state index in [1.807, 2.05) is 13.0 Å². The normalized spacial score (nSPS) is 13.1. The third kappa shape index (κ3) is 4.83. The van der Waals surface area contributed by atoms with Crippen LogP contribution in [0, 0.1) is 5.82 Å². The number of nitrogens with zero attached hydrogens (tertiary/aromatic N) is 2. The van der Waals surface area contributed by atoms with E-state index in [1.54, 1.807) is 18.5 Å². The molecule has 2 aromatic rings. The highest BCUT2D eigenvalue weighted by Crippen LogP contribution is 2.37. The summed E-state index contributed by atoms with van der Waals surface area (Å²) in [7, 11) is 1.51. The van der Waals surface area contributed by atoms with E-state index in [0.717, 1.165) is 22.4 Å². The number of pyridine rings is 1. The molecule has 1 amide bonds. The van der Waals surface area contributed by atoms with Gasteiger partial charge in [0.2, 0.25) is 0 Å². The van der Waals surface area contributed by atoms with Crippen LogP contribution in [0.5, 0.6) is 5.75 Å². The minimum Gasteiger partial charge on any atom is -0.492 e. The molecule has 30 heavy (non-hydrogen) atoms. The molecule has 0 aliphatic carbocycles. The number of halogens is 1. The number of benzene rings is 1. The van der Waals surface area contributed by atoms with Gasteiger partial charge in [-0.2, -0.15) is 0 Å². The summed E-state index contributed by atoms with van der Waals surface area (Å²) in [5.41, 5.74) is 9.11. The summed E-state index contributed by atoms with van der Waals surface area (Å²) < 4.78 is 19.7. The Morgan fingerprint density at radius 2 is 2.23 bits per heavy atom. The molecule has 0 unspecified atom stereocenters. The summed E-state index contributed by atoms with van der Waals surface area (Å²) >= 11 is 0. The molecule has 1 aromatic heterocycles. The third-order valence-corrected chi connectivity index (χ3v) is 4.62. The lowest BCUT2D eigenvalue weighted by Gasteiger charge is -2.13. The van der Waals surface area contributed by atoms with Gasteiger partial charge in [0.25, 0.3) is 5.91 Å². The van der Waals surface area contributed by atoms with Crippen molar-refractivity contribution in [1.29, 1.82) is 0 Å². The fourth-order valence-corrected chi connectivity index (χ4v) is 3.17. The highest BCUT2D eigenvalue weighted by atomic mass is 19.1. The molecule has 0 saturated carbocycles. The smallest absolute Gasteiger partial charge is 0.251 e. The van der Waals surface area contributed by atoms with E-state index in [0.29, 0.717) is 31.0 Å². The van der Waals surface area contributed by atoms with Crippen LogP contribution < -0.4 is 21.1 Å². The zero-order chi connectivity index (χ0) is 21.7. The summed E-state index contributed by atoms with van der Waals surface area (Å²) in [6.07, 6.45) is 5.84. The van der Waals surface area contributed by atoms with Crippen molar-refractivity contribution in [2.45, 2.75) is 19.9 Å². The molecule has 8 heteroatoms. The number of nitrogens with one attached hydrogen (secondary N) is 2. The number of carbonyl (C=O) groups excluding carboxylic acids is 1. The number of allylic oxidation sites excluding steroid dienone is 2. The van der Waals surface area contributed by atoms with Crippen LogP contribution in [0.15, 0.2) is 47.9 Å². The van der Waals surface area contributed by atoms with Gasteiger partial charge in [0, 0.05) is 49.1 Å². The van der Waals surface area contributed by atoms with E-state index < -0.39 is 5.82 Å². The maximum Gasteiger partial charge on any atom is 0.251 e. The maximum atomic E-state index is 13.9. The summed E-state index contributed by atoms with van der Waals surface area (Å²) in [5, 5.41) is 5.73. The number of amides is 1. The Kier molecular flexibility index (Phi) is 6.46. The summed E-state index contributed by atoms with van der Waals surface area (Å²) in [6.45, 7) is 6.34. The van der Waals surface area contributed by atoms with Crippen molar-refractivity contribution in [1.82, 2.24) is 10.3 Å². The number of fused-ring (bicyclic) bond motifs is 1. The van der Waals surface area contributed by atoms with E-state index in [9.17, 15) is 9.18 Å². The molecular weight excluding hydrogens is 385 g/mol. The molecule has 7 nitrogen and oxygen atoms in total. The zero-order valence-electron chi connectivity index (χ0n) is 17.0. The fourth-order valence-electron chi connectivity index (χ4n) is 3.17. The first-order valence-electron chi connectivity index (χ1n) is 9.45. The van der Waals surface area contributed by atoms with Gasteiger partial charge in [-0.05, 0) is 42.3 Å². The Morgan fingerprint density at radius 3 is 2.97 bits per heavy atom. The van der Waals surface area contributed by atoms with Crippen LogP contribution in [-0.2, 0) is 13.0 Å². The highest BCUT2D eigenvalue weighted by molar-refractivity contribution is 5.94. The Balaban J connectivity index is 1.82. The van der Waals surface area contributed by atoms with Gasteiger partial charge >= 0.3 is 0 Å². The number of hydrogen-bond acceptors (Lipinski definition) is 6. The Bertz CT molecular complexity index is 1050. The minimum absolute atomic E-state index is 0.232. The minimum atomic E-state index is -0.465. The molecule has 0 spiro atoms. The maximum absolute atomic E-state index is 13.9. The van der Waals surface area contributed by atoms with Gasteiger partial charge in [-0.3, -0.25) is 4.79 Å². The molecule has 3 rings (SSSR count). The van der Waals surface area contributed by atoms with Gasteiger partial charge in [0.1, 0.15) is 23.2 Å². The van der Waals surface area contributed by atoms with E-state index in [1.165, 1.54) is 19.2 Å².